The number of likely N-dealkylation sites (N-methyl/N-ethyl adjacent to an activating group) is 1. The lowest BCUT2D eigenvalue weighted by Gasteiger charge is -2.22. The first-order valence-corrected chi connectivity index (χ1v) is 5.93. The van der Waals surface area contributed by atoms with Gasteiger partial charge in [-0.3, -0.25) is 0 Å². The minimum Gasteiger partial charge on any atom is -0.303 e. The molecule has 1 aromatic rings. The molecule has 0 unspecified atom stereocenters. The molecule has 1 heterocycles. The Labute approximate surface area is 93.1 Å². The Hall–Kier alpha value is -0.820. The van der Waals surface area contributed by atoms with E-state index in [4.69, 9.17) is 0 Å². The molecule has 0 aliphatic carbocycles. The molecule has 15 heavy (non-hydrogen) atoms. The Morgan fingerprint density at radius 2 is 1.87 bits per heavy atom. The fourth-order valence-corrected chi connectivity index (χ4v) is 2.78. The largest absolute Gasteiger partial charge is 0.303 e. The van der Waals surface area contributed by atoms with Crippen molar-refractivity contribution in [1.82, 2.24) is 4.90 Å². The maximum Gasteiger partial charge on any atom is 0.0122 e. The highest BCUT2D eigenvalue weighted by molar-refractivity contribution is 5.21. The maximum atomic E-state index is 2.52. The van der Waals surface area contributed by atoms with E-state index in [0.717, 1.165) is 17.9 Å². The molecule has 1 nitrogen and oxygen atoms in total. The van der Waals surface area contributed by atoms with Crippen LogP contribution in [0, 0.1) is 5.92 Å². The van der Waals surface area contributed by atoms with Crippen LogP contribution in [0.2, 0.25) is 0 Å². The summed E-state index contributed by atoms with van der Waals surface area (Å²) in [4.78, 5) is 2.52. The number of benzene rings is 1. The highest BCUT2D eigenvalue weighted by Gasteiger charge is 2.31. The van der Waals surface area contributed by atoms with E-state index < -0.39 is 0 Å². The SMILES string of the molecule is CC(C)[C@@H]1C[C@@H](c2ccccc2)CN1C. The van der Waals surface area contributed by atoms with E-state index in [0.29, 0.717) is 0 Å². The summed E-state index contributed by atoms with van der Waals surface area (Å²) in [7, 11) is 2.26. The average Bonchev–Trinajstić information content (AvgIpc) is 2.62. The van der Waals surface area contributed by atoms with E-state index >= 15 is 0 Å². The average molecular weight is 203 g/mol. The first kappa shape index (κ1) is 10.7. The predicted molar refractivity (Wildman–Crippen MR) is 65.1 cm³/mol. The van der Waals surface area contributed by atoms with Crippen LogP contribution < -0.4 is 0 Å². The lowest BCUT2D eigenvalue weighted by Crippen LogP contribution is -2.29. The molecule has 1 aliphatic rings. The van der Waals surface area contributed by atoms with E-state index in [9.17, 15) is 0 Å². The van der Waals surface area contributed by atoms with Gasteiger partial charge in [-0.1, -0.05) is 44.2 Å². The standard InChI is InChI=1S/C14H21N/c1-11(2)14-9-13(10-15(14)3)12-7-5-4-6-8-12/h4-8,11,13-14H,9-10H2,1-3H3/t13-,14+/m1/s1. The third-order valence-corrected chi connectivity index (χ3v) is 3.64. The summed E-state index contributed by atoms with van der Waals surface area (Å²) in [5.74, 6) is 1.51. The zero-order valence-electron chi connectivity index (χ0n) is 9.98. The van der Waals surface area contributed by atoms with Crippen LogP contribution in [0.3, 0.4) is 0 Å². The van der Waals surface area contributed by atoms with E-state index in [1.54, 1.807) is 0 Å². The van der Waals surface area contributed by atoms with Crippen LogP contribution in [0.25, 0.3) is 0 Å². The fourth-order valence-electron chi connectivity index (χ4n) is 2.78. The summed E-state index contributed by atoms with van der Waals surface area (Å²) in [5.41, 5.74) is 1.51. The van der Waals surface area contributed by atoms with Crippen molar-refractivity contribution in [1.29, 1.82) is 0 Å². The monoisotopic (exact) mass is 203 g/mol. The maximum absolute atomic E-state index is 2.52. The van der Waals surface area contributed by atoms with Crippen molar-refractivity contribution in [3.8, 4) is 0 Å². The van der Waals surface area contributed by atoms with Crippen LogP contribution in [-0.2, 0) is 0 Å². The zero-order chi connectivity index (χ0) is 10.8. The van der Waals surface area contributed by atoms with Gasteiger partial charge in [-0.25, -0.2) is 0 Å². The van der Waals surface area contributed by atoms with E-state index in [1.807, 2.05) is 0 Å². The molecule has 1 heteroatoms. The van der Waals surface area contributed by atoms with Crippen LogP contribution in [0.15, 0.2) is 30.3 Å². The fraction of sp³-hybridized carbons (Fsp3) is 0.571. The van der Waals surface area contributed by atoms with Gasteiger partial charge in [-0.2, -0.15) is 0 Å². The molecule has 82 valence electrons. The number of nitrogens with zero attached hydrogens (tertiary/aromatic N) is 1. The van der Waals surface area contributed by atoms with Crippen molar-refractivity contribution in [3.63, 3.8) is 0 Å². The second kappa shape index (κ2) is 4.36. The molecular formula is C14H21N. The van der Waals surface area contributed by atoms with Gasteiger partial charge in [0.05, 0.1) is 0 Å². The van der Waals surface area contributed by atoms with Crippen molar-refractivity contribution >= 4 is 0 Å². The van der Waals surface area contributed by atoms with Gasteiger partial charge in [0.2, 0.25) is 0 Å². The van der Waals surface area contributed by atoms with E-state index in [2.05, 4.69) is 56.1 Å². The van der Waals surface area contributed by atoms with Gasteiger partial charge < -0.3 is 4.90 Å². The Balaban J connectivity index is 2.09. The molecule has 0 aromatic heterocycles. The summed E-state index contributed by atoms with van der Waals surface area (Å²) in [6.45, 7) is 5.87. The molecule has 1 aliphatic heterocycles. The predicted octanol–water partition coefficient (Wildman–Crippen LogP) is 3.13. The molecule has 2 atom stereocenters. The van der Waals surface area contributed by atoms with Crippen LogP contribution >= 0.6 is 0 Å². The zero-order valence-corrected chi connectivity index (χ0v) is 9.98. The molecule has 0 spiro atoms. The molecule has 2 rings (SSSR count). The molecule has 0 amide bonds. The first-order valence-electron chi connectivity index (χ1n) is 5.93. The molecule has 1 saturated heterocycles. The number of rotatable bonds is 2. The van der Waals surface area contributed by atoms with Gasteiger partial charge in [-0.15, -0.1) is 0 Å². The minimum atomic E-state index is 0.739. The third kappa shape index (κ3) is 2.23. The summed E-state index contributed by atoms with van der Waals surface area (Å²) in [6.07, 6.45) is 1.32. The quantitative estimate of drug-likeness (QED) is 0.714. The number of hydrogen-bond acceptors (Lipinski definition) is 1. The minimum absolute atomic E-state index is 0.739. The summed E-state index contributed by atoms with van der Waals surface area (Å²) in [6, 6.07) is 11.7. The lowest BCUT2D eigenvalue weighted by molar-refractivity contribution is 0.250. The van der Waals surface area contributed by atoms with E-state index in [-0.39, 0.29) is 0 Å². The lowest BCUT2D eigenvalue weighted by atomic mass is 9.93. The van der Waals surface area contributed by atoms with Gasteiger partial charge in [0.1, 0.15) is 0 Å². The van der Waals surface area contributed by atoms with Crippen molar-refractivity contribution in [2.75, 3.05) is 13.6 Å². The highest BCUT2D eigenvalue weighted by atomic mass is 15.2. The normalized spacial score (nSPS) is 27.5. The van der Waals surface area contributed by atoms with Gasteiger partial charge in [-0.05, 0) is 30.9 Å². The number of likely N-dealkylation sites (tertiary alicyclic amines) is 1. The molecule has 0 saturated carbocycles. The topological polar surface area (TPSA) is 3.24 Å². The Morgan fingerprint density at radius 3 is 2.40 bits per heavy atom. The summed E-state index contributed by atoms with van der Waals surface area (Å²) >= 11 is 0. The molecule has 0 N–H and O–H groups in total. The van der Waals surface area contributed by atoms with Crippen molar-refractivity contribution in [2.45, 2.75) is 32.2 Å². The van der Waals surface area contributed by atoms with Crippen LogP contribution in [-0.4, -0.2) is 24.5 Å². The second-order valence-corrected chi connectivity index (χ2v) is 5.09. The van der Waals surface area contributed by atoms with Crippen molar-refractivity contribution in [2.24, 2.45) is 5.92 Å². The molecule has 0 radical (unpaired) electrons. The van der Waals surface area contributed by atoms with Crippen molar-refractivity contribution < 1.29 is 0 Å². The van der Waals surface area contributed by atoms with Crippen LogP contribution in [0.1, 0.15) is 31.7 Å². The highest BCUT2D eigenvalue weighted by Crippen LogP contribution is 2.33. The van der Waals surface area contributed by atoms with Crippen molar-refractivity contribution in [3.05, 3.63) is 35.9 Å². The molecule has 1 fully saturated rings. The van der Waals surface area contributed by atoms with Gasteiger partial charge in [0.25, 0.3) is 0 Å². The first-order chi connectivity index (χ1) is 7.18. The third-order valence-electron chi connectivity index (χ3n) is 3.64. The Kier molecular flexibility index (Phi) is 3.11. The Bertz CT molecular complexity index is 304. The van der Waals surface area contributed by atoms with Crippen LogP contribution in [0.5, 0.6) is 0 Å². The number of hydrogen-bond donors (Lipinski definition) is 0. The summed E-state index contributed by atoms with van der Waals surface area (Å²) < 4.78 is 0. The van der Waals surface area contributed by atoms with Crippen LogP contribution in [0.4, 0.5) is 0 Å². The summed E-state index contributed by atoms with van der Waals surface area (Å²) in [5, 5.41) is 0. The van der Waals surface area contributed by atoms with Gasteiger partial charge >= 0.3 is 0 Å². The molecule has 1 aromatic carbocycles. The van der Waals surface area contributed by atoms with Gasteiger partial charge in [0, 0.05) is 12.6 Å². The second-order valence-electron chi connectivity index (χ2n) is 5.09. The molecule has 0 bridgehead atoms. The van der Waals surface area contributed by atoms with Gasteiger partial charge in [0.15, 0.2) is 0 Å². The van der Waals surface area contributed by atoms with E-state index in [1.165, 1.54) is 18.5 Å². The smallest absolute Gasteiger partial charge is 0.0122 e. The Morgan fingerprint density at radius 1 is 1.20 bits per heavy atom. The molecular weight excluding hydrogens is 182 g/mol.